The van der Waals surface area contributed by atoms with Crippen LogP contribution in [0.25, 0.3) is 0 Å². The van der Waals surface area contributed by atoms with Crippen LogP contribution in [0, 0.1) is 0 Å². The highest BCUT2D eigenvalue weighted by Crippen LogP contribution is 2.23. The number of benzene rings is 2. The second-order valence-electron chi connectivity index (χ2n) is 8.49. The van der Waals surface area contributed by atoms with Crippen molar-refractivity contribution >= 4 is 11.9 Å². The number of amides is 1. The van der Waals surface area contributed by atoms with Gasteiger partial charge in [0.15, 0.2) is 0 Å². The Bertz CT molecular complexity index is 909. The number of nitrogens with zero attached hydrogens (tertiary/aromatic N) is 1. The second kappa shape index (κ2) is 12.2. The Balaban J connectivity index is 1.52. The summed E-state index contributed by atoms with van der Waals surface area (Å²) in [6.07, 6.45) is 8.74. The van der Waals surface area contributed by atoms with E-state index >= 15 is 0 Å². The zero-order chi connectivity index (χ0) is 22.8. The molecule has 2 aromatic rings. The Kier molecular flexibility index (Phi) is 9.05. The van der Waals surface area contributed by atoms with Crippen LogP contribution < -0.4 is 0 Å². The predicted octanol–water partition coefficient (Wildman–Crippen LogP) is 4.89. The molecular weight excluding hydrogens is 402 g/mol. The lowest BCUT2D eigenvalue weighted by atomic mass is 10.00. The van der Waals surface area contributed by atoms with E-state index < -0.39 is 12.1 Å². The molecule has 2 atom stereocenters. The van der Waals surface area contributed by atoms with Gasteiger partial charge in [-0.2, -0.15) is 0 Å². The van der Waals surface area contributed by atoms with Gasteiger partial charge >= 0.3 is 5.97 Å². The zero-order valence-corrected chi connectivity index (χ0v) is 18.5. The summed E-state index contributed by atoms with van der Waals surface area (Å²) >= 11 is 0. The number of hydrogen-bond acceptors (Lipinski definition) is 3. The maximum absolute atomic E-state index is 12.3. The SMILES string of the molecule is O=C(O)CCCCCCN1C(=O)CC[C@@H]1/C=C/C(O)c1cccc(Cc2ccccc2)c1. The summed E-state index contributed by atoms with van der Waals surface area (Å²) in [4.78, 5) is 24.8. The number of rotatable bonds is 12. The molecule has 170 valence electrons. The van der Waals surface area contributed by atoms with Crippen molar-refractivity contribution < 1.29 is 19.8 Å². The maximum atomic E-state index is 12.3. The fourth-order valence-corrected chi connectivity index (χ4v) is 4.22. The normalized spacial score (nSPS) is 17.2. The molecule has 0 aromatic heterocycles. The fraction of sp³-hybridized carbons (Fsp3) is 0.407. The van der Waals surface area contributed by atoms with Crippen molar-refractivity contribution in [2.75, 3.05) is 6.54 Å². The molecule has 5 heteroatoms. The van der Waals surface area contributed by atoms with Crippen LogP contribution in [0.4, 0.5) is 0 Å². The van der Waals surface area contributed by atoms with Crippen LogP contribution >= 0.6 is 0 Å². The number of carbonyl (C=O) groups is 2. The summed E-state index contributed by atoms with van der Waals surface area (Å²) < 4.78 is 0. The average Bonchev–Trinajstić information content (AvgIpc) is 3.14. The van der Waals surface area contributed by atoms with E-state index in [1.807, 2.05) is 47.4 Å². The van der Waals surface area contributed by atoms with Crippen LogP contribution in [0.2, 0.25) is 0 Å². The molecule has 1 amide bonds. The summed E-state index contributed by atoms with van der Waals surface area (Å²) in [6, 6.07) is 18.3. The van der Waals surface area contributed by atoms with Crippen molar-refractivity contribution in [3.05, 3.63) is 83.4 Å². The first kappa shape index (κ1) is 23.7. The van der Waals surface area contributed by atoms with Gasteiger partial charge in [0.05, 0.1) is 12.1 Å². The van der Waals surface area contributed by atoms with Gasteiger partial charge in [-0.05, 0) is 42.4 Å². The third kappa shape index (κ3) is 7.34. The number of unbranched alkanes of at least 4 members (excludes halogenated alkanes) is 3. The summed E-state index contributed by atoms with van der Waals surface area (Å²) in [6.45, 7) is 0.684. The lowest BCUT2D eigenvalue weighted by Gasteiger charge is -2.22. The number of aliphatic hydroxyl groups is 1. The van der Waals surface area contributed by atoms with Crippen LogP contribution in [-0.4, -0.2) is 39.6 Å². The molecule has 1 saturated heterocycles. The molecule has 5 nitrogen and oxygen atoms in total. The quantitative estimate of drug-likeness (QED) is 0.367. The van der Waals surface area contributed by atoms with E-state index in [1.54, 1.807) is 6.08 Å². The molecule has 0 radical (unpaired) electrons. The molecule has 0 saturated carbocycles. The van der Waals surface area contributed by atoms with E-state index in [4.69, 9.17) is 5.11 Å². The number of carboxylic acids is 1. The first-order valence-electron chi connectivity index (χ1n) is 11.5. The molecule has 0 spiro atoms. The first-order chi connectivity index (χ1) is 15.5. The minimum atomic E-state index is -0.755. The van der Waals surface area contributed by atoms with Gasteiger partial charge in [0.2, 0.25) is 5.91 Å². The number of carboxylic acid groups (broad SMARTS) is 1. The molecule has 3 rings (SSSR count). The fourth-order valence-electron chi connectivity index (χ4n) is 4.22. The van der Waals surface area contributed by atoms with Gasteiger partial charge in [-0.25, -0.2) is 0 Å². The number of aliphatic hydroxyl groups excluding tert-OH is 1. The number of carbonyl (C=O) groups excluding carboxylic acids is 1. The number of hydrogen-bond donors (Lipinski definition) is 2. The standard InChI is InChI=1S/C27H33NO4/c29-25(23-12-8-11-22(20-23)19-21-9-4-3-5-10-21)16-14-24-15-17-26(30)28(24)18-7-2-1-6-13-27(31)32/h3-5,8-12,14,16,20,24-25,29H,1-2,6-7,13,15,17-19H2,(H,31,32)/b16-14+/t24-,25?/m0/s1. The van der Waals surface area contributed by atoms with Gasteiger partial charge in [0, 0.05) is 19.4 Å². The molecule has 2 aromatic carbocycles. The van der Waals surface area contributed by atoms with Crippen molar-refractivity contribution in [3.8, 4) is 0 Å². The van der Waals surface area contributed by atoms with Crippen molar-refractivity contribution in [2.45, 2.75) is 63.5 Å². The van der Waals surface area contributed by atoms with E-state index in [9.17, 15) is 14.7 Å². The Morgan fingerprint density at radius 1 is 1.03 bits per heavy atom. The topological polar surface area (TPSA) is 77.8 Å². The Morgan fingerprint density at radius 3 is 2.56 bits per heavy atom. The Labute approximate surface area is 190 Å². The van der Waals surface area contributed by atoms with Crippen molar-refractivity contribution in [3.63, 3.8) is 0 Å². The van der Waals surface area contributed by atoms with Crippen LogP contribution in [-0.2, 0) is 16.0 Å². The van der Waals surface area contributed by atoms with E-state index in [0.717, 1.165) is 43.2 Å². The van der Waals surface area contributed by atoms with E-state index in [0.29, 0.717) is 19.4 Å². The predicted molar refractivity (Wildman–Crippen MR) is 125 cm³/mol. The van der Waals surface area contributed by atoms with E-state index in [1.165, 1.54) is 5.56 Å². The van der Waals surface area contributed by atoms with Crippen molar-refractivity contribution in [2.24, 2.45) is 0 Å². The average molecular weight is 436 g/mol. The number of likely N-dealkylation sites (tertiary alicyclic amines) is 1. The number of aliphatic carboxylic acids is 1. The van der Waals surface area contributed by atoms with Gasteiger partial charge in [-0.1, -0.05) is 79.6 Å². The van der Waals surface area contributed by atoms with Crippen LogP contribution in [0.1, 0.15) is 67.7 Å². The largest absolute Gasteiger partial charge is 0.481 e. The smallest absolute Gasteiger partial charge is 0.303 e. The van der Waals surface area contributed by atoms with Crippen molar-refractivity contribution in [1.82, 2.24) is 4.90 Å². The Hall–Kier alpha value is -2.92. The lowest BCUT2D eigenvalue weighted by Crippen LogP contribution is -2.32. The van der Waals surface area contributed by atoms with Gasteiger partial charge in [-0.15, -0.1) is 0 Å². The summed E-state index contributed by atoms with van der Waals surface area (Å²) in [5, 5.41) is 19.4. The molecule has 1 unspecified atom stereocenters. The molecule has 0 aliphatic carbocycles. The molecule has 1 aliphatic rings. The molecule has 1 fully saturated rings. The van der Waals surface area contributed by atoms with Gasteiger partial charge in [0.1, 0.15) is 0 Å². The van der Waals surface area contributed by atoms with Gasteiger partial charge in [-0.3, -0.25) is 9.59 Å². The van der Waals surface area contributed by atoms with E-state index in [-0.39, 0.29) is 18.4 Å². The Morgan fingerprint density at radius 2 is 1.78 bits per heavy atom. The highest BCUT2D eigenvalue weighted by Gasteiger charge is 2.28. The maximum Gasteiger partial charge on any atom is 0.303 e. The highest BCUT2D eigenvalue weighted by atomic mass is 16.4. The van der Waals surface area contributed by atoms with Gasteiger partial charge in [0.25, 0.3) is 0 Å². The third-order valence-corrected chi connectivity index (χ3v) is 5.97. The zero-order valence-electron chi connectivity index (χ0n) is 18.5. The minimum absolute atomic E-state index is 0.0173. The summed E-state index contributed by atoms with van der Waals surface area (Å²) in [5.41, 5.74) is 3.24. The monoisotopic (exact) mass is 435 g/mol. The van der Waals surface area contributed by atoms with E-state index in [2.05, 4.69) is 18.2 Å². The summed E-state index contributed by atoms with van der Waals surface area (Å²) in [7, 11) is 0. The first-order valence-corrected chi connectivity index (χ1v) is 11.5. The molecule has 1 aliphatic heterocycles. The molecule has 32 heavy (non-hydrogen) atoms. The summed E-state index contributed by atoms with van der Waals surface area (Å²) in [5.74, 6) is -0.599. The minimum Gasteiger partial charge on any atom is -0.481 e. The molecule has 1 heterocycles. The lowest BCUT2D eigenvalue weighted by molar-refractivity contribution is -0.137. The molecule has 0 bridgehead atoms. The van der Waals surface area contributed by atoms with Gasteiger partial charge < -0.3 is 15.1 Å². The van der Waals surface area contributed by atoms with Crippen LogP contribution in [0.15, 0.2) is 66.7 Å². The molecule has 2 N–H and O–H groups in total. The van der Waals surface area contributed by atoms with Crippen LogP contribution in [0.3, 0.4) is 0 Å². The van der Waals surface area contributed by atoms with Crippen molar-refractivity contribution in [1.29, 1.82) is 0 Å². The van der Waals surface area contributed by atoms with Crippen LogP contribution in [0.5, 0.6) is 0 Å². The third-order valence-electron chi connectivity index (χ3n) is 5.97. The highest BCUT2D eigenvalue weighted by molar-refractivity contribution is 5.79. The molecular formula is C27H33NO4. The second-order valence-corrected chi connectivity index (χ2v) is 8.49.